The maximum absolute atomic E-state index is 9.41. The van der Waals surface area contributed by atoms with Crippen LogP contribution in [0.25, 0.3) is 0 Å². The highest BCUT2D eigenvalue weighted by molar-refractivity contribution is 6.30. The number of nitrogens with zero attached hydrogens (tertiary/aromatic N) is 1. The van der Waals surface area contributed by atoms with Crippen molar-refractivity contribution in [3.8, 4) is 11.8 Å². The first-order valence-electron chi connectivity index (χ1n) is 6.95. The normalized spacial score (nSPS) is 11.7. The van der Waals surface area contributed by atoms with Crippen LogP contribution in [0.2, 0.25) is 5.02 Å². The summed E-state index contributed by atoms with van der Waals surface area (Å²) in [5.74, 6) is 0.634. The minimum atomic E-state index is -0.141. The lowest BCUT2D eigenvalue weighted by Gasteiger charge is -2.14. The summed E-state index contributed by atoms with van der Waals surface area (Å²) in [6, 6.07) is 15.9. The van der Waals surface area contributed by atoms with Gasteiger partial charge in [-0.25, -0.2) is 0 Å². The Balaban J connectivity index is 1.98. The van der Waals surface area contributed by atoms with Crippen molar-refractivity contribution >= 4 is 11.6 Å². The molecule has 3 heteroatoms. The van der Waals surface area contributed by atoms with Gasteiger partial charge in [-0.1, -0.05) is 35.4 Å². The van der Waals surface area contributed by atoms with Gasteiger partial charge in [0, 0.05) is 11.4 Å². The van der Waals surface area contributed by atoms with Gasteiger partial charge in [0.1, 0.15) is 5.75 Å². The average Bonchev–Trinajstić information content (AvgIpc) is 2.48. The molecule has 2 rings (SSSR count). The smallest absolute Gasteiger partial charge is 0.119 e. The molecule has 0 saturated carbocycles. The summed E-state index contributed by atoms with van der Waals surface area (Å²) in [6.45, 7) is 4.59. The van der Waals surface area contributed by atoms with Gasteiger partial charge in [-0.3, -0.25) is 0 Å². The molecular weight excluding hydrogens is 282 g/mol. The molecule has 108 valence electrons. The van der Waals surface area contributed by atoms with Crippen LogP contribution in [0.5, 0.6) is 5.75 Å². The molecule has 0 heterocycles. The van der Waals surface area contributed by atoms with Gasteiger partial charge >= 0.3 is 0 Å². The minimum Gasteiger partial charge on any atom is -0.494 e. The maximum Gasteiger partial charge on any atom is 0.119 e. The number of aryl methyl sites for hydroxylation is 2. The fourth-order valence-electron chi connectivity index (χ4n) is 2.25. The highest BCUT2D eigenvalue weighted by Crippen LogP contribution is 2.24. The van der Waals surface area contributed by atoms with Crippen LogP contribution in [0.15, 0.2) is 42.5 Å². The van der Waals surface area contributed by atoms with E-state index in [1.807, 2.05) is 26.0 Å². The molecule has 0 bridgehead atoms. The van der Waals surface area contributed by atoms with Crippen LogP contribution in [-0.2, 0) is 0 Å². The van der Waals surface area contributed by atoms with E-state index < -0.39 is 0 Å². The zero-order chi connectivity index (χ0) is 15.2. The van der Waals surface area contributed by atoms with Crippen molar-refractivity contribution in [2.45, 2.75) is 26.2 Å². The third-order valence-corrected chi connectivity index (χ3v) is 3.71. The first kappa shape index (κ1) is 15.4. The minimum absolute atomic E-state index is 0.141. The van der Waals surface area contributed by atoms with E-state index in [0.717, 1.165) is 16.9 Å². The van der Waals surface area contributed by atoms with Gasteiger partial charge in [0.25, 0.3) is 0 Å². The highest BCUT2D eigenvalue weighted by Gasteiger charge is 2.13. The Morgan fingerprint density at radius 2 is 1.86 bits per heavy atom. The number of ether oxygens (including phenoxy) is 1. The van der Waals surface area contributed by atoms with Gasteiger partial charge < -0.3 is 4.74 Å². The van der Waals surface area contributed by atoms with Gasteiger partial charge in [-0.2, -0.15) is 5.26 Å². The zero-order valence-electron chi connectivity index (χ0n) is 12.3. The summed E-state index contributed by atoms with van der Waals surface area (Å²) in [5.41, 5.74) is 3.42. The van der Waals surface area contributed by atoms with Crippen LogP contribution in [-0.4, -0.2) is 6.61 Å². The van der Waals surface area contributed by atoms with Crippen molar-refractivity contribution in [1.82, 2.24) is 0 Å². The van der Waals surface area contributed by atoms with E-state index in [1.54, 1.807) is 12.1 Å². The van der Waals surface area contributed by atoms with Gasteiger partial charge in [0.2, 0.25) is 0 Å². The zero-order valence-corrected chi connectivity index (χ0v) is 13.0. The second kappa shape index (κ2) is 7.15. The molecule has 2 nitrogen and oxygen atoms in total. The Morgan fingerprint density at radius 1 is 1.14 bits per heavy atom. The molecule has 2 aromatic carbocycles. The van der Waals surface area contributed by atoms with Crippen LogP contribution < -0.4 is 4.74 Å². The summed E-state index contributed by atoms with van der Waals surface area (Å²) < 4.78 is 5.68. The lowest BCUT2D eigenvalue weighted by Crippen LogP contribution is -2.06. The summed E-state index contributed by atoms with van der Waals surface area (Å²) in [7, 11) is 0. The summed E-state index contributed by atoms with van der Waals surface area (Å²) in [5, 5.41) is 10.1. The molecule has 0 amide bonds. The van der Waals surface area contributed by atoms with Crippen molar-refractivity contribution in [3.05, 3.63) is 64.2 Å². The first-order valence-corrected chi connectivity index (χ1v) is 7.33. The SMILES string of the molecule is Cc1ccc(C)c(C(C#N)CCOc2ccc(Cl)cc2)c1. The number of hydrogen-bond acceptors (Lipinski definition) is 2. The van der Waals surface area contributed by atoms with Crippen molar-refractivity contribution in [2.24, 2.45) is 0 Å². The Hall–Kier alpha value is -1.98. The predicted octanol–water partition coefficient (Wildman–Crippen LogP) is 5.03. The molecule has 0 aliphatic carbocycles. The van der Waals surface area contributed by atoms with E-state index in [2.05, 4.69) is 24.3 Å². The van der Waals surface area contributed by atoms with Crippen LogP contribution in [0, 0.1) is 25.2 Å². The van der Waals surface area contributed by atoms with E-state index >= 15 is 0 Å². The third kappa shape index (κ3) is 4.24. The molecule has 0 spiro atoms. The van der Waals surface area contributed by atoms with Gasteiger partial charge in [0.05, 0.1) is 18.6 Å². The van der Waals surface area contributed by atoms with Crippen molar-refractivity contribution in [1.29, 1.82) is 5.26 Å². The van der Waals surface area contributed by atoms with Gasteiger partial charge in [-0.05, 0) is 49.2 Å². The molecule has 0 fully saturated rings. The van der Waals surface area contributed by atoms with Crippen LogP contribution in [0.3, 0.4) is 0 Å². The number of benzene rings is 2. The van der Waals surface area contributed by atoms with E-state index in [-0.39, 0.29) is 5.92 Å². The Labute approximate surface area is 130 Å². The number of rotatable bonds is 5. The number of hydrogen-bond donors (Lipinski definition) is 0. The Morgan fingerprint density at radius 3 is 2.52 bits per heavy atom. The van der Waals surface area contributed by atoms with Crippen LogP contribution in [0.1, 0.15) is 29.0 Å². The molecule has 0 radical (unpaired) electrons. The van der Waals surface area contributed by atoms with Crippen LogP contribution >= 0.6 is 11.6 Å². The number of nitriles is 1. The predicted molar refractivity (Wildman–Crippen MR) is 85.8 cm³/mol. The quantitative estimate of drug-likeness (QED) is 0.775. The lowest BCUT2D eigenvalue weighted by atomic mass is 9.92. The fourth-order valence-corrected chi connectivity index (χ4v) is 2.38. The Bertz CT molecular complexity index is 643. The standard InChI is InChI=1S/C18H18ClNO/c1-13-3-4-14(2)18(11-13)15(12-20)9-10-21-17-7-5-16(19)6-8-17/h3-8,11,15H,9-10H2,1-2H3. The molecule has 0 saturated heterocycles. The van der Waals surface area contributed by atoms with E-state index in [9.17, 15) is 5.26 Å². The fraction of sp³-hybridized carbons (Fsp3) is 0.278. The molecule has 21 heavy (non-hydrogen) atoms. The molecule has 0 aliphatic heterocycles. The second-order valence-corrected chi connectivity index (χ2v) is 5.57. The second-order valence-electron chi connectivity index (χ2n) is 5.13. The molecule has 0 aliphatic rings. The first-order chi connectivity index (χ1) is 10.1. The summed E-state index contributed by atoms with van der Waals surface area (Å²) in [6.07, 6.45) is 0.670. The van der Waals surface area contributed by atoms with Gasteiger partial charge in [0.15, 0.2) is 0 Å². The molecule has 0 aromatic heterocycles. The monoisotopic (exact) mass is 299 g/mol. The maximum atomic E-state index is 9.41. The third-order valence-electron chi connectivity index (χ3n) is 3.45. The van der Waals surface area contributed by atoms with Crippen molar-refractivity contribution < 1.29 is 4.74 Å². The number of halogens is 1. The molecule has 1 unspecified atom stereocenters. The summed E-state index contributed by atoms with van der Waals surface area (Å²) in [4.78, 5) is 0. The van der Waals surface area contributed by atoms with Crippen molar-refractivity contribution in [3.63, 3.8) is 0 Å². The van der Waals surface area contributed by atoms with E-state index in [4.69, 9.17) is 16.3 Å². The largest absolute Gasteiger partial charge is 0.494 e. The molecule has 0 N–H and O–H groups in total. The molecular formula is C18H18ClNO. The summed E-state index contributed by atoms with van der Waals surface area (Å²) >= 11 is 5.83. The highest BCUT2D eigenvalue weighted by atomic mass is 35.5. The molecule has 2 aromatic rings. The van der Waals surface area contributed by atoms with E-state index in [0.29, 0.717) is 18.1 Å². The average molecular weight is 300 g/mol. The van der Waals surface area contributed by atoms with E-state index in [1.165, 1.54) is 5.56 Å². The lowest BCUT2D eigenvalue weighted by molar-refractivity contribution is 0.306. The topological polar surface area (TPSA) is 33.0 Å². The Kier molecular flexibility index (Phi) is 5.25. The van der Waals surface area contributed by atoms with Gasteiger partial charge in [-0.15, -0.1) is 0 Å². The molecule has 1 atom stereocenters. The van der Waals surface area contributed by atoms with Crippen LogP contribution in [0.4, 0.5) is 0 Å². The van der Waals surface area contributed by atoms with Crippen molar-refractivity contribution in [2.75, 3.05) is 6.61 Å².